The summed E-state index contributed by atoms with van der Waals surface area (Å²) in [5.41, 5.74) is 0.244. The number of carbonyl (C=O) groups is 1. The van der Waals surface area contributed by atoms with Crippen LogP contribution in [0, 0.1) is 6.92 Å². The Morgan fingerprint density at radius 3 is 2.63 bits per heavy atom. The SMILES string of the molecule is Cc1ccc(-c2nc(C(F)F)c(C(=O)O)o2)cc1Cl. The summed E-state index contributed by atoms with van der Waals surface area (Å²) in [7, 11) is 0. The van der Waals surface area contributed by atoms with Gasteiger partial charge in [-0.2, -0.15) is 0 Å². The summed E-state index contributed by atoms with van der Waals surface area (Å²) in [4.78, 5) is 14.3. The first-order valence-corrected chi connectivity index (χ1v) is 5.56. The van der Waals surface area contributed by atoms with Crippen LogP contribution in [0.2, 0.25) is 5.02 Å². The summed E-state index contributed by atoms with van der Waals surface area (Å²) in [6.45, 7) is 1.77. The highest BCUT2D eigenvalue weighted by Crippen LogP contribution is 2.30. The Kier molecular flexibility index (Phi) is 3.53. The minimum absolute atomic E-state index is 0.199. The third-order valence-electron chi connectivity index (χ3n) is 2.47. The summed E-state index contributed by atoms with van der Waals surface area (Å²) >= 11 is 5.90. The standard InChI is InChI=1S/C12H8ClF2NO3/c1-5-2-3-6(4-7(5)13)11-16-8(10(14)15)9(19-11)12(17)18/h2-4,10H,1H3,(H,17,18). The number of carboxylic acid groups (broad SMARTS) is 1. The Hall–Kier alpha value is -1.95. The van der Waals surface area contributed by atoms with E-state index in [0.29, 0.717) is 10.6 Å². The third-order valence-corrected chi connectivity index (χ3v) is 2.88. The van der Waals surface area contributed by atoms with E-state index in [1.54, 1.807) is 19.1 Å². The molecular weight excluding hydrogens is 280 g/mol. The molecule has 7 heteroatoms. The number of carboxylic acids is 1. The van der Waals surface area contributed by atoms with E-state index < -0.39 is 23.8 Å². The van der Waals surface area contributed by atoms with Gasteiger partial charge >= 0.3 is 5.97 Å². The average molecular weight is 288 g/mol. The predicted octanol–water partition coefficient (Wildman–Crippen LogP) is 3.94. The van der Waals surface area contributed by atoms with E-state index in [2.05, 4.69) is 4.98 Å². The van der Waals surface area contributed by atoms with E-state index in [4.69, 9.17) is 21.1 Å². The Balaban J connectivity index is 2.54. The fourth-order valence-corrected chi connectivity index (χ4v) is 1.66. The fourth-order valence-electron chi connectivity index (χ4n) is 1.48. The van der Waals surface area contributed by atoms with Gasteiger partial charge in [0.1, 0.15) is 0 Å². The Labute approximate surface area is 111 Å². The molecule has 1 heterocycles. The number of aromatic nitrogens is 1. The lowest BCUT2D eigenvalue weighted by molar-refractivity contribution is 0.0647. The summed E-state index contributed by atoms with van der Waals surface area (Å²) < 4.78 is 30.2. The van der Waals surface area contributed by atoms with Gasteiger partial charge in [0, 0.05) is 10.6 Å². The van der Waals surface area contributed by atoms with Gasteiger partial charge in [0.2, 0.25) is 11.7 Å². The van der Waals surface area contributed by atoms with Crippen LogP contribution in [0.3, 0.4) is 0 Å². The van der Waals surface area contributed by atoms with Crippen LogP contribution in [0.15, 0.2) is 22.6 Å². The molecule has 4 nitrogen and oxygen atoms in total. The molecule has 0 fully saturated rings. The summed E-state index contributed by atoms with van der Waals surface area (Å²) in [6, 6.07) is 4.70. The number of halogens is 3. The zero-order valence-corrected chi connectivity index (χ0v) is 10.4. The number of hydrogen-bond acceptors (Lipinski definition) is 3. The van der Waals surface area contributed by atoms with Crippen LogP contribution in [-0.4, -0.2) is 16.1 Å². The molecule has 0 atom stereocenters. The van der Waals surface area contributed by atoms with Crippen molar-refractivity contribution in [1.82, 2.24) is 4.98 Å². The molecule has 0 aliphatic carbocycles. The maximum atomic E-state index is 12.6. The number of aryl methyl sites for hydroxylation is 1. The lowest BCUT2D eigenvalue weighted by Crippen LogP contribution is -1.99. The van der Waals surface area contributed by atoms with Gasteiger partial charge in [-0.15, -0.1) is 0 Å². The van der Waals surface area contributed by atoms with E-state index in [9.17, 15) is 13.6 Å². The summed E-state index contributed by atoms with van der Waals surface area (Å²) in [6.07, 6.45) is -3.02. The molecule has 1 aromatic heterocycles. The van der Waals surface area contributed by atoms with E-state index in [1.807, 2.05) is 0 Å². The van der Waals surface area contributed by atoms with Crippen LogP contribution in [-0.2, 0) is 0 Å². The zero-order valence-electron chi connectivity index (χ0n) is 9.65. The number of rotatable bonds is 3. The first kappa shape index (κ1) is 13.5. The fraction of sp³-hybridized carbons (Fsp3) is 0.167. The van der Waals surface area contributed by atoms with E-state index in [1.165, 1.54) is 6.07 Å². The van der Waals surface area contributed by atoms with Crippen molar-refractivity contribution in [3.8, 4) is 11.5 Å². The Morgan fingerprint density at radius 2 is 2.16 bits per heavy atom. The number of alkyl halides is 2. The van der Waals surface area contributed by atoms with Crippen molar-refractivity contribution < 1.29 is 23.1 Å². The monoisotopic (exact) mass is 287 g/mol. The second-order valence-corrected chi connectivity index (χ2v) is 4.21. The number of benzene rings is 1. The molecule has 19 heavy (non-hydrogen) atoms. The van der Waals surface area contributed by atoms with E-state index >= 15 is 0 Å². The second-order valence-electron chi connectivity index (χ2n) is 3.80. The highest BCUT2D eigenvalue weighted by Gasteiger charge is 2.26. The quantitative estimate of drug-likeness (QED) is 0.928. The largest absolute Gasteiger partial charge is 0.475 e. The van der Waals surface area contributed by atoms with Gasteiger partial charge in [0.05, 0.1) is 0 Å². The van der Waals surface area contributed by atoms with Crippen LogP contribution >= 0.6 is 11.6 Å². The van der Waals surface area contributed by atoms with Crippen LogP contribution in [0.1, 0.15) is 28.2 Å². The normalized spacial score (nSPS) is 11.0. The molecule has 2 rings (SSSR count). The molecule has 2 aromatic rings. The summed E-state index contributed by atoms with van der Waals surface area (Å²) in [5.74, 6) is -2.65. The molecule has 0 spiro atoms. The Bertz CT molecular complexity index is 640. The zero-order chi connectivity index (χ0) is 14.2. The van der Waals surface area contributed by atoms with Crippen molar-refractivity contribution >= 4 is 17.6 Å². The molecule has 1 aromatic carbocycles. The Morgan fingerprint density at radius 1 is 1.47 bits per heavy atom. The third kappa shape index (κ3) is 2.58. The average Bonchev–Trinajstić information content (AvgIpc) is 2.78. The van der Waals surface area contributed by atoms with Crippen molar-refractivity contribution in [2.24, 2.45) is 0 Å². The van der Waals surface area contributed by atoms with Gasteiger partial charge in [0.15, 0.2) is 5.69 Å². The molecule has 1 N–H and O–H groups in total. The van der Waals surface area contributed by atoms with Crippen molar-refractivity contribution in [1.29, 1.82) is 0 Å². The lowest BCUT2D eigenvalue weighted by atomic mass is 10.1. The van der Waals surface area contributed by atoms with Gasteiger partial charge in [-0.1, -0.05) is 17.7 Å². The second kappa shape index (κ2) is 4.97. The topological polar surface area (TPSA) is 63.3 Å². The molecule has 0 aliphatic heterocycles. The van der Waals surface area contributed by atoms with Gasteiger partial charge in [-0.3, -0.25) is 0 Å². The van der Waals surface area contributed by atoms with Gasteiger partial charge < -0.3 is 9.52 Å². The van der Waals surface area contributed by atoms with Crippen molar-refractivity contribution in [2.75, 3.05) is 0 Å². The molecule has 0 amide bonds. The van der Waals surface area contributed by atoms with Crippen LogP contribution in [0.5, 0.6) is 0 Å². The molecular formula is C12H8ClF2NO3. The van der Waals surface area contributed by atoms with Crippen LogP contribution in [0.25, 0.3) is 11.5 Å². The van der Waals surface area contributed by atoms with Gasteiger partial charge in [0.25, 0.3) is 6.43 Å². The smallest absolute Gasteiger partial charge is 0.374 e. The first-order chi connectivity index (χ1) is 8.90. The molecule has 100 valence electrons. The molecule has 0 bridgehead atoms. The molecule has 0 unspecified atom stereocenters. The molecule has 0 saturated heterocycles. The number of hydrogen-bond donors (Lipinski definition) is 1. The van der Waals surface area contributed by atoms with Crippen LogP contribution < -0.4 is 0 Å². The maximum Gasteiger partial charge on any atom is 0.374 e. The van der Waals surface area contributed by atoms with Crippen LogP contribution in [0.4, 0.5) is 8.78 Å². The maximum absolute atomic E-state index is 12.6. The van der Waals surface area contributed by atoms with E-state index in [-0.39, 0.29) is 5.89 Å². The first-order valence-electron chi connectivity index (χ1n) is 5.19. The number of oxazole rings is 1. The minimum Gasteiger partial charge on any atom is -0.475 e. The summed E-state index contributed by atoms with van der Waals surface area (Å²) in [5, 5.41) is 9.19. The number of aromatic carboxylic acids is 1. The highest BCUT2D eigenvalue weighted by molar-refractivity contribution is 6.31. The van der Waals surface area contributed by atoms with Gasteiger partial charge in [-0.25, -0.2) is 18.6 Å². The van der Waals surface area contributed by atoms with Crippen molar-refractivity contribution in [2.45, 2.75) is 13.3 Å². The van der Waals surface area contributed by atoms with E-state index in [0.717, 1.165) is 5.56 Å². The lowest BCUT2D eigenvalue weighted by Gasteiger charge is -1.99. The molecule has 0 radical (unpaired) electrons. The molecule has 0 aliphatic rings. The minimum atomic E-state index is -3.02. The number of nitrogens with zero attached hydrogens (tertiary/aromatic N) is 1. The van der Waals surface area contributed by atoms with Gasteiger partial charge in [-0.05, 0) is 24.6 Å². The predicted molar refractivity (Wildman–Crippen MR) is 63.6 cm³/mol. The van der Waals surface area contributed by atoms with Crippen molar-refractivity contribution in [3.05, 3.63) is 40.2 Å². The molecule has 0 saturated carbocycles. The van der Waals surface area contributed by atoms with Crippen molar-refractivity contribution in [3.63, 3.8) is 0 Å². The highest BCUT2D eigenvalue weighted by atomic mass is 35.5.